The molecule has 0 aromatic heterocycles. The van der Waals surface area contributed by atoms with Crippen LogP contribution in [0.15, 0.2) is 30.3 Å². The van der Waals surface area contributed by atoms with Crippen LogP contribution in [0.3, 0.4) is 0 Å². The SMILES string of the molecule is Oc1ccc2c(c1)O[C@@H](c1cc(O)c(O)c(O)c1)[C@@H](O)C2. The zero-order chi connectivity index (χ0) is 15.1. The van der Waals surface area contributed by atoms with Gasteiger partial charge in [0.25, 0.3) is 0 Å². The van der Waals surface area contributed by atoms with Crippen molar-refractivity contribution in [2.45, 2.75) is 18.6 Å². The van der Waals surface area contributed by atoms with Crippen LogP contribution in [-0.2, 0) is 6.42 Å². The van der Waals surface area contributed by atoms with Crippen molar-refractivity contribution in [1.29, 1.82) is 0 Å². The van der Waals surface area contributed by atoms with Gasteiger partial charge in [-0.25, -0.2) is 0 Å². The van der Waals surface area contributed by atoms with Crippen LogP contribution < -0.4 is 4.74 Å². The molecule has 3 rings (SSSR count). The normalized spacial score (nSPS) is 20.6. The van der Waals surface area contributed by atoms with Gasteiger partial charge in [0, 0.05) is 18.1 Å². The molecule has 1 aliphatic rings. The van der Waals surface area contributed by atoms with Crippen molar-refractivity contribution in [3.8, 4) is 28.7 Å². The van der Waals surface area contributed by atoms with Gasteiger partial charge in [-0.05, 0) is 23.8 Å². The molecule has 0 fully saturated rings. The van der Waals surface area contributed by atoms with Crippen LogP contribution in [-0.4, -0.2) is 31.6 Å². The number of phenols is 4. The van der Waals surface area contributed by atoms with Crippen molar-refractivity contribution < 1.29 is 30.3 Å². The van der Waals surface area contributed by atoms with E-state index >= 15 is 0 Å². The van der Waals surface area contributed by atoms with Gasteiger partial charge in [-0.15, -0.1) is 0 Å². The van der Waals surface area contributed by atoms with Crippen molar-refractivity contribution >= 4 is 0 Å². The molecule has 0 saturated carbocycles. The van der Waals surface area contributed by atoms with Gasteiger partial charge in [-0.1, -0.05) is 6.07 Å². The second-order valence-corrected chi connectivity index (χ2v) is 5.01. The summed E-state index contributed by atoms with van der Waals surface area (Å²) in [5.74, 6) is -1.15. The maximum Gasteiger partial charge on any atom is 0.200 e. The summed E-state index contributed by atoms with van der Waals surface area (Å²) in [4.78, 5) is 0. The van der Waals surface area contributed by atoms with E-state index < -0.39 is 29.5 Å². The van der Waals surface area contributed by atoms with Gasteiger partial charge in [0.05, 0.1) is 6.10 Å². The molecule has 6 heteroatoms. The molecule has 0 radical (unpaired) electrons. The van der Waals surface area contributed by atoms with Gasteiger partial charge in [-0.2, -0.15) is 0 Å². The lowest BCUT2D eigenvalue weighted by molar-refractivity contribution is 0.0204. The topological polar surface area (TPSA) is 110 Å². The Kier molecular flexibility index (Phi) is 3.03. The molecule has 1 heterocycles. The van der Waals surface area contributed by atoms with E-state index in [0.29, 0.717) is 17.7 Å². The molecule has 0 aliphatic carbocycles. The summed E-state index contributed by atoms with van der Waals surface area (Å²) in [6.07, 6.45) is -1.40. The summed E-state index contributed by atoms with van der Waals surface area (Å²) < 4.78 is 5.65. The van der Waals surface area contributed by atoms with Crippen LogP contribution in [0.2, 0.25) is 0 Å². The number of phenolic OH excluding ortho intramolecular Hbond substituents is 4. The van der Waals surface area contributed by atoms with Crippen molar-refractivity contribution in [3.63, 3.8) is 0 Å². The Balaban J connectivity index is 2.00. The molecule has 6 nitrogen and oxygen atoms in total. The molecule has 110 valence electrons. The van der Waals surface area contributed by atoms with E-state index in [1.54, 1.807) is 6.07 Å². The third kappa shape index (κ3) is 2.30. The van der Waals surface area contributed by atoms with Crippen LogP contribution >= 0.6 is 0 Å². The maximum atomic E-state index is 10.2. The molecule has 5 N–H and O–H groups in total. The van der Waals surface area contributed by atoms with Crippen LogP contribution in [0.4, 0.5) is 0 Å². The molecule has 0 unspecified atom stereocenters. The first kappa shape index (κ1) is 13.4. The highest BCUT2D eigenvalue weighted by Gasteiger charge is 2.31. The van der Waals surface area contributed by atoms with Crippen LogP contribution in [0.5, 0.6) is 28.7 Å². The van der Waals surface area contributed by atoms with E-state index in [0.717, 1.165) is 5.56 Å². The van der Waals surface area contributed by atoms with Gasteiger partial charge in [0.2, 0.25) is 0 Å². The molecule has 0 saturated heterocycles. The summed E-state index contributed by atoms with van der Waals surface area (Å²) >= 11 is 0. The Morgan fingerprint density at radius 3 is 2.29 bits per heavy atom. The quantitative estimate of drug-likeness (QED) is 0.510. The largest absolute Gasteiger partial charge is 0.508 e. The third-order valence-corrected chi connectivity index (χ3v) is 3.50. The molecule has 2 aromatic rings. The van der Waals surface area contributed by atoms with Crippen LogP contribution in [0.25, 0.3) is 0 Å². The van der Waals surface area contributed by atoms with Gasteiger partial charge in [0.1, 0.15) is 11.5 Å². The number of ether oxygens (including phenoxy) is 1. The van der Waals surface area contributed by atoms with Gasteiger partial charge < -0.3 is 30.3 Å². The fraction of sp³-hybridized carbons (Fsp3) is 0.200. The molecule has 2 atom stereocenters. The van der Waals surface area contributed by atoms with E-state index in [9.17, 15) is 25.5 Å². The second-order valence-electron chi connectivity index (χ2n) is 5.01. The molecular weight excluding hydrogens is 276 g/mol. The van der Waals surface area contributed by atoms with Crippen molar-refractivity contribution in [1.82, 2.24) is 0 Å². The van der Waals surface area contributed by atoms with E-state index in [-0.39, 0.29) is 5.75 Å². The van der Waals surface area contributed by atoms with E-state index in [1.165, 1.54) is 24.3 Å². The molecule has 0 bridgehead atoms. The molecule has 21 heavy (non-hydrogen) atoms. The van der Waals surface area contributed by atoms with Gasteiger partial charge >= 0.3 is 0 Å². The average molecular weight is 290 g/mol. The number of hydrogen-bond donors (Lipinski definition) is 5. The second kappa shape index (κ2) is 4.75. The third-order valence-electron chi connectivity index (χ3n) is 3.50. The maximum absolute atomic E-state index is 10.2. The first-order valence-electron chi connectivity index (χ1n) is 6.37. The van der Waals surface area contributed by atoms with Crippen LogP contribution in [0, 0.1) is 0 Å². The number of aliphatic hydroxyl groups excluding tert-OH is 1. The minimum absolute atomic E-state index is 0.0419. The smallest absolute Gasteiger partial charge is 0.200 e. The Morgan fingerprint density at radius 1 is 0.952 bits per heavy atom. The zero-order valence-electron chi connectivity index (χ0n) is 10.9. The van der Waals surface area contributed by atoms with Crippen molar-refractivity contribution in [2.75, 3.05) is 0 Å². The first-order valence-corrected chi connectivity index (χ1v) is 6.37. The lowest BCUT2D eigenvalue weighted by Crippen LogP contribution is -2.30. The van der Waals surface area contributed by atoms with E-state index in [1.807, 2.05) is 0 Å². The predicted octanol–water partition coefficient (Wildman–Crippen LogP) is 1.55. The lowest BCUT2D eigenvalue weighted by atomic mass is 9.94. The van der Waals surface area contributed by atoms with E-state index in [2.05, 4.69) is 0 Å². The Morgan fingerprint density at radius 2 is 1.62 bits per heavy atom. The standard InChI is InChI=1S/C15H14O6/c16-9-2-1-7-3-12(19)15(21-13(7)6-9)8-4-10(17)14(20)11(18)5-8/h1-2,4-6,12,15-20H,3H2/t12-,15-/m0/s1. The fourth-order valence-corrected chi connectivity index (χ4v) is 2.45. The number of fused-ring (bicyclic) bond motifs is 1. The molecule has 1 aliphatic heterocycles. The molecule has 2 aromatic carbocycles. The fourth-order valence-electron chi connectivity index (χ4n) is 2.45. The van der Waals surface area contributed by atoms with E-state index in [4.69, 9.17) is 4.74 Å². The van der Waals surface area contributed by atoms with Gasteiger partial charge in [-0.3, -0.25) is 0 Å². The summed E-state index contributed by atoms with van der Waals surface area (Å²) in [5, 5.41) is 48.1. The Labute approximate surface area is 120 Å². The first-order chi connectivity index (χ1) is 9.95. The summed E-state index contributed by atoms with van der Waals surface area (Å²) in [6, 6.07) is 7.05. The number of hydrogen-bond acceptors (Lipinski definition) is 6. The predicted molar refractivity (Wildman–Crippen MR) is 72.6 cm³/mol. The summed E-state index contributed by atoms with van der Waals surface area (Å²) in [7, 11) is 0. The highest BCUT2D eigenvalue weighted by atomic mass is 16.5. The highest BCUT2D eigenvalue weighted by Crippen LogP contribution is 2.42. The molecular formula is C15H14O6. The van der Waals surface area contributed by atoms with Crippen molar-refractivity contribution in [3.05, 3.63) is 41.5 Å². The summed E-state index contributed by atoms with van der Waals surface area (Å²) in [5.41, 5.74) is 1.08. The molecule has 0 amide bonds. The minimum atomic E-state index is -0.884. The number of benzene rings is 2. The van der Waals surface area contributed by atoms with Gasteiger partial charge in [0.15, 0.2) is 23.4 Å². The number of aliphatic hydroxyl groups is 1. The Bertz CT molecular complexity index is 674. The summed E-state index contributed by atoms with van der Waals surface area (Å²) in [6.45, 7) is 0. The zero-order valence-corrected chi connectivity index (χ0v) is 10.9. The van der Waals surface area contributed by atoms with Crippen molar-refractivity contribution in [2.24, 2.45) is 0 Å². The minimum Gasteiger partial charge on any atom is -0.508 e. The van der Waals surface area contributed by atoms with Crippen LogP contribution in [0.1, 0.15) is 17.2 Å². The number of aromatic hydroxyl groups is 4. The monoisotopic (exact) mass is 290 g/mol. The Hall–Kier alpha value is -2.60. The molecule has 0 spiro atoms. The number of rotatable bonds is 1. The lowest BCUT2D eigenvalue weighted by Gasteiger charge is -2.31. The highest BCUT2D eigenvalue weighted by molar-refractivity contribution is 5.52. The average Bonchev–Trinajstić information content (AvgIpc) is 2.44.